The van der Waals surface area contributed by atoms with E-state index in [0.717, 1.165) is 4.70 Å². The summed E-state index contributed by atoms with van der Waals surface area (Å²) in [5, 5.41) is 18.8. The highest BCUT2D eigenvalue weighted by molar-refractivity contribution is 7.19. The largest absolute Gasteiger partial charge is 0.479 e. The number of thiophene rings is 1. The smallest absolute Gasteiger partial charge is 0.337 e. The Morgan fingerprint density at radius 2 is 2.19 bits per heavy atom. The summed E-state index contributed by atoms with van der Waals surface area (Å²) < 4.78 is 13.8. The van der Waals surface area contributed by atoms with Crippen LogP contribution in [0.25, 0.3) is 10.1 Å². The second kappa shape index (κ2) is 3.84. The van der Waals surface area contributed by atoms with Crippen LogP contribution >= 0.6 is 11.3 Å². The number of hydrogen-bond acceptors (Lipinski definition) is 3. The molecule has 1 aromatic carbocycles. The molecule has 2 N–H and O–H groups in total. The molecule has 2 rings (SSSR count). The van der Waals surface area contributed by atoms with Gasteiger partial charge in [-0.25, -0.2) is 9.18 Å². The van der Waals surface area contributed by atoms with Crippen molar-refractivity contribution in [2.45, 2.75) is 13.0 Å². The van der Waals surface area contributed by atoms with Gasteiger partial charge in [-0.3, -0.25) is 0 Å². The Hall–Kier alpha value is -1.46. The molecule has 0 fully saturated rings. The van der Waals surface area contributed by atoms with Gasteiger partial charge in [0.05, 0.1) is 0 Å². The molecule has 0 saturated heterocycles. The first-order chi connectivity index (χ1) is 7.50. The van der Waals surface area contributed by atoms with Gasteiger partial charge in [0.25, 0.3) is 0 Å². The Morgan fingerprint density at radius 1 is 1.50 bits per heavy atom. The molecule has 0 aliphatic heterocycles. The van der Waals surface area contributed by atoms with Crippen molar-refractivity contribution in [3.05, 3.63) is 34.5 Å². The molecule has 0 saturated carbocycles. The van der Waals surface area contributed by atoms with Crippen LogP contribution < -0.4 is 0 Å². The fourth-order valence-corrected chi connectivity index (χ4v) is 2.75. The number of carboxylic acid groups (broad SMARTS) is 1. The van der Waals surface area contributed by atoms with E-state index in [-0.39, 0.29) is 5.56 Å². The molecule has 0 amide bonds. The molecule has 0 spiro atoms. The van der Waals surface area contributed by atoms with Crippen LogP contribution in [0.1, 0.15) is 16.5 Å². The van der Waals surface area contributed by atoms with Gasteiger partial charge < -0.3 is 10.2 Å². The monoisotopic (exact) mass is 240 g/mol. The summed E-state index contributed by atoms with van der Waals surface area (Å²) in [6.45, 7) is 1.71. The van der Waals surface area contributed by atoms with Gasteiger partial charge in [0.1, 0.15) is 5.82 Å². The average molecular weight is 240 g/mol. The van der Waals surface area contributed by atoms with Crippen molar-refractivity contribution in [2.75, 3.05) is 0 Å². The Labute approximate surface area is 94.8 Å². The average Bonchev–Trinajstić information content (AvgIpc) is 2.52. The normalized spacial score (nSPS) is 12.9. The standard InChI is InChI=1S/C11H9FO3S/c1-5-9(10(13)11(14)15)7-4-6(12)2-3-8(7)16-5/h2-4,10,13H,1H3,(H,14,15). The minimum Gasteiger partial charge on any atom is -0.479 e. The van der Waals surface area contributed by atoms with Gasteiger partial charge in [0, 0.05) is 20.5 Å². The fraction of sp³-hybridized carbons (Fsp3) is 0.182. The van der Waals surface area contributed by atoms with Gasteiger partial charge in [-0.15, -0.1) is 11.3 Å². The summed E-state index contributed by atoms with van der Waals surface area (Å²) in [6.07, 6.45) is -1.60. The molecule has 1 atom stereocenters. The molecule has 0 bridgehead atoms. The maximum absolute atomic E-state index is 13.1. The zero-order chi connectivity index (χ0) is 11.9. The lowest BCUT2D eigenvalue weighted by Gasteiger charge is -2.05. The molecule has 0 aliphatic carbocycles. The molecule has 3 nitrogen and oxygen atoms in total. The van der Waals surface area contributed by atoms with Crippen molar-refractivity contribution >= 4 is 27.4 Å². The molecule has 1 aromatic heterocycles. The van der Waals surface area contributed by atoms with Gasteiger partial charge >= 0.3 is 5.97 Å². The summed E-state index contributed by atoms with van der Waals surface area (Å²) >= 11 is 1.34. The van der Waals surface area contributed by atoms with Crippen molar-refractivity contribution in [3.8, 4) is 0 Å². The van der Waals surface area contributed by atoms with Crippen molar-refractivity contribution in [1.29, 1.82) is 0 Å². The van der Waals surface area contributed by atoms with Crippen molar-refractivity contribution in [3.63, 3.8) is 0 Å². The minimum atomic E-state index is -1.60. The predicted molar refractivity (Wildman–Crippen MR) is 59.1 cm³/mol. The van der Waals surface area contributed by atoms with Crippen LogP contribution in [0.15, 0.2) is 18.2 Å². The maximum Gasteiger partial charge on any atom is 0.337 e. The number of aliphatic hydroxyl groups is 1. The number of aliphatic carboxylic acids is 1. The second-order valence-electron chi connectivity index (χ2n) is 3.45. The van der Waals surface area contributed by atoms with E-state index in [0.29, 0.717) is 10.3 Å². The number of carbonyl (C=O) groups is 1. The van der Waals surface area contributed by atoms with E-state index in [1.165, 1.54) is 23.5 Å². The van der Waals surface area contributed by atoms with Crippen LogP contribution in [0.5, 0.6) is 0 Å². The van der Waals surface area contributed by atoms with Crippen molar-refractivity contribution in [2.24, 2.45) is 0 Å². The van der Waals surface area contributed by atoms with E-state index in [2.05, 4.69) is 0 Å². The van der Waals surface area contributed by atoms with Gasteiger partial charge in [-0.05, 0) is 25.1 Å². The summed E-state index contributed by atoms with van der Waals surface area (Å²) in [7, 11) is 0. The fourth-order valence-electron chi connectivity index (χ4n) is 1.67. The second-order valence-corrected chi connectivity index (χ2v) is 4.71. The highest BCUT2D eigenvalue weighted by Crippen LogP contribution is 2.35. The quantitative estimate of drug-likeness (QED) is 0.847. The first-order valence-corrected chi connectivity index (χ1v) is 5.42. The van der Waals surface area contributed by atoms with E-state index in [1.807, 2.05) is 0 Å². The highest BCUT2D eigenvalue weighted by Gasteiger charge is 2.23. The summed E-state index contributed by atoms with van der Waals surface area (Å²) in [6, 6.07) is 4.15. The van der Waals surface area contributed by atoms with Gasteiger partial charge in [0.2, 0.25) is 0 Å². The molecule has 16 heavy (non-hydrogen) atoms. The zero-order valence-electron chi connectivity index (χ0n) is 8.40. The molecule has 0 radical (unpaired) electrons. The van der Waals surface area contributed by atoms with E-state index in [4.69, 9.17) is 5.11 Å². The Bertz CT molecular complexity index is 562. The lowest BCUT2D eigenvalue weighted by Crippen LogP contribution is -2.10. The Kier molecular flexibility index (Phi) is 2.65. The number of rotatable bonds is 2. The van der Waals surface area contributed by atoms with E-state index >= 15 is 0 Å². The number of fused-ring (bicyclic) bond motifs is 1. The third-order valence-corrected chi connectivity index (χ3v) is 3.48. The number of hydrogen-bond donors (Lipinski definition) is 2. The summed E-state index contributed by atoms with van der Waals surface area (Å²) in [4.78, 5) is 11.4. The molecule has 0 aliphatic rings. The minimum absolute atomic E-state index is 0.284. The molecule has 1 heterocycles. The number of carboxylic acids is 1. The lowest BCUT2D eigenvalue weighted by atomic mass is 10.1. The summed E-state index contributed by atoms with van der Waals surface area (Å²) in [5.74, 6) is -1.77. The van der Waals surface area contributed by atoms with Crippen LogP contribution in [0.4, 0.5) is 4.39 Å². The van der Waals surface area contributed by atoms with Crippen molar-refractivity contribution < 1.29 is 19.4 Å². The van der Waals surface area contributed by atoms with E-state index in [9.17, 15) is 14.3 Å². The molecular weight excluding hydrogens is 231 g/mol. The van der Waals surface area contributed by atoms with Gasteiger partial charge in [-0.2, -0.15) is 0 Å². The number of halogens is 1. The number of aliphatic hydroxyl groups excluding tert-OH is 1. The third kappa shape index (κ3) is 1.68. The van der Waals surface area contributed by atoms with Crippen LogP contribution in [0, 0.1) is 12.7 Å². The SMILES string of the molecule is Cc1sc2ccc(F)cc2c1C(O)C(=O)O. The van der Waals surface area contributed by atoms with Gasteiger partial charge in [0.15, 0.2) is 6.10 Å². The predicted octanol–water partition coefficient (Wildman–Crippen LogP) is 2.47. The summed E-state index contributed by atoms with van der Waals surface area (Å²) in [5.41, 5.74) is 0.284. The first-order valence-electron chi connectivity index (χ1n) is 4.60. The first kappa shape index (κ1) is 11.0. The van der Waals surface area contributed by atoms with E-state index in [1.54, 1.807) is 13.0 Å². The van der Waals surface area contributed by atoms with Crippen LogP contribution in [-0.4, -0.2) is 16.2 Å². The highest BCUT2D eigenvalue weighted by atomic mass is 32.1. The Morgan fingerprint density at radius 3 is 2.81 bits per heavy atom. The molecule has 2 aromatic rings. The molecule has 5 heteroatoms. The van der Waals surface area contributed by atoms with Gasteiger partial charge in [-0.1, -0.05) is 0 Å². The lowest BCUT2D eigenvalue weighted by molar-refractivity contribution is -0.146. The van der Waals surface area contributed by atoms with E-state index < -0.39 is 17.9 Å². The topological polar surface area (TPSA) is 57.5 Å². The maximum atomic E-state index is 13.1. The van der Waals surface area contributed by atoms with Crippen LogP contribution in [0.2, 0.25) is 0 Å². The van der Waals surface area contributed by atoms with Crippen LogP contribution in [0.3, 0.4) is 0 Å². The molecule has 84 valence electrons. The van der Waals surface area contributed by atoms with Crippen molar-refractivity contribution in [1.82, 2.24) is 0 Å². The number of benzene rings is 1. The zero-order valence-corrected chi connectivity index (χ0v) is 9.21. The molecule has 1 unspecified atom stereocenters. The van der Waals surface area contributed by atoms with Crippen LogP contribution in [-0.2, 0) is 4.79 Å². The Balaban J connectivity index is 2.72. The molecular formula is C11H9FO3S. The third-order valence-electron chi connectivity index (χ3n) is 2.38. The number of aryl methyl sites for hydroxylation is 1.